The lowest BCUT2D eigenvalue weighted by atomic mass is 10.1. The zero-order valence-electron chi connectivity index (χ0n) is 9.81. The van der Waals surface area contributed by atoms with Crippen molar-refractivity contribution in [3.63, 3.8) is 0 Å². The lowest BCUT2D eigenvalue weighted by Gasteiger charge is -2.04. The number of rotatable bonds is 4. The molecule has 0 unspecified atom stereocenters. The van der Waals surface area contributed by atoms with Crippen LogP contribution >= 0.6 is 0 Å². The van der Waals surface area contributed by atoms with Crippen LogP contribution in [0.3, 0.4) is 0 Å². The zero-order valence-corrected chi connectivity index (χ0v) is 9.81. The van der Waals surface area contributed by atoms with E-state index in [4.69, 9.17) is 5.73 Å². The van der Waals surface area contributed by atoms with Crippen molar-refractivity contribution in [2.45, 2.75) is 6.42 Å². The van der Waals surface area contributed by atoms with Crippen LogP contribution in [0.1, 0.15) is 15.9 Å². The molecule has 2 amide bonds. The number of anilines is 1. The SMILES string of the molecule is NC(=O)c1cn[nH]c1NC(=O)Cc1ccc(F)cc1. The molecular formula is C12H11FN4O2. The number of halogens is 1. The number of hydrogen-bond donors (Lipinski definition) is 3. The van der Waals surface area contributed by atoms with Crippen LogP contribution in [0.5, 0.6) is 0 Å². The molecule has 0 aliphatic carbocycles. The molecule has 0 atom stereocenters. The Balaban J connectivity index is 2.03. The average molecular weight is 262 g/mol. The Labute approximate surface area is 107 Å². The molecule has 0 bridgehead atoms. The highest BCUT2D eigenvalue weighted by molar-refractivity contribution is 6.02. The van der Waals surface area contributed by atoms with E-state index in [1.54, 1.807) is 0 Å². The third kappa shape index (κ3) is 3.15. The molecule has 0 saturated heterocycles. The van der Waals surface area contributed by atoms with E-state index in [2.05, 4.69) is 15.5 Å². The number of nitrogens with one attached hydrogen (secondary N) is 2. The summed E-state index contributed by atoms with van der Waals surface area (Å²) >= 11 is 0. The summed E-state index contributed by atoms with van der Waals surface area (Å²) in [6.07, 6.45) is 1.29. The molecule has 1 aromatic heterocycles. The molecule has 2 rings (SSSR count). The summed E-state index contributed by atoms with van der Waals surface area (Å²) in [5, 5.41) is 8.58. The number of benzene rings is 1. The second-order valence-corrected chi connectivity index (χ2v) is 3.87. The summed E-state index contributed by atoms with van der Waals surface area (Å²) in [5.41, 5.74) is 5.87. The molecule has 1 heterocycles. The van der Waals surface area contributed by atoms with Crippen LogP contribution < -0.4 is 11.1 Å². The highest BCUT2D eigenvalue weighted by Gasteiger charge is 2.13. The van der Waals surface area contributed by atoms with Crippen LogP contribution in [0, 0.1) is 5.82 Å². The number of aromatic nitrogens is 2. The number of carbonyl (C=O) groups excluding carboxylic acids is 2. The minimum Gasteiger partial charge on any atom is -0.365 e. The summed E-state index contributed by atoms with van der Waals surface area (Å²) in [7, 11) is 0. The number of nitrogens with zero attached hydrogens (tertiary/aromatic N) is 1. The third-order valence-electron chi connectivity index (χ3n) is 2.45. The summed E-state index contributed by atoms with van der Waals surface area (Å²) < 4.78 is 12.7. The lowest BCUT2D eigenvalue weighted by molar-refractivity contribution is -0.115. The van der Waals surface area contributed by atoms with Crippen LogP contribution in [0.15, 0.2) is 30.5 Å². The van der Waals surface area contributed by atoms with Crippen LogP contribution in [-0.2, 0) is 11.2 Å². The number of hydrogen-bond acceptors (Lipinski definition) is 3. The van der Waals surface area contributed by atoms with Gasteiger partial charge in [0.2, 0.25) is 5.91 Å². The molecular weight excluding hydrogens is 251 g/mol. The summed E-state index contributed by atoms with van der Waals surface area (Å²) in [6.45, 7) is 0. The maximum atomic E-state index is 12.7. The first-order chi connectivity index (χ1) is 9.06. The number of nitrogens with two attached hydrogens (primary N) is 1. The minimum atomic E-state index is -0.689. The fraction of sp³-hybridized carbons (Fsp3) is 0.0833. The molecule has 6 nitrogen and oxygen atoms in total. The van der Waals surface area contributed by atoms with E-state index in [9.17, 15) is 14.0 Å². The van der Waals surface area contributed by atoms with Gasteiger partial charge in [-0.15, -0.1) is 0 Å². The van der Waals surface area contributed by atoms with Gasteiger partial charge in [0.15, 0.2) is 0 Å². The van der Waals surface area contributed by atoms with Gasteiger partial charge in [-0.1, -0.05) is 12.1 Å². The van der Waals surface area contributed by atoms with Gasteiger partial charge >= 0.3 is 0 Å². The lowest BCUT2D eigenvalue weighted by Crippen LogP contribution is -2.18. The fourth-order valence-electron chi connectivity index (χ4n) is 1.54. The van der Waals surface area contributed by atoms with E-state index < -0.39 is 5.91 Å². The highest BCUT2D eigenvalue weighted by atomic mass is 19.1. The highest BCUT2D eigenvalue weighted by Crippen LogP contribution is 2.11. The normalized spacial score (nSPS) is 10.2. The molecule has 98 valence electrons. The number of carbonyl (C=O) groups is 2. The Kier molecular flexibility index (Phi) is 3.56. The average Bonchev–Trinajstić information content (AvgIpc) is 2.80. The Bertz CT molecular complexity index is 606. The number of amides is 2. The van der Waals surface area contributed by atoms with Gasteiger partial charge in [-0.2, -0.15) is 5.10 Å². The van der Waals surface area contributed by atoms with Crippen LogP contribution in [-0.4, -0.2) is 22.0 Å². The van der Waals surface area contributed by atoms with Crippen LogP contribution in [0.25, 0.3) is 0 Å². The molecule has 0 fully saturated rings. The number of aromatic amines is 1. The first-order valence-corrected chi connectivity index (χ1v) is 5.43. The molecule has 0 spiro atoms. The van der Waals surface area contributed by atoms with Gasteiger partial charge in [-0.05, 0) is 17.7 Å². The Morgan fingerprint density at radius 1 is 1.32 bits per heavy atom. The fourth-order valence-corrected chi connectivity index (χ4v) is 1.54. The predicted octanol–water partition coefficient (Wildman–Crippen LogP) is 0.829. The van der Waals surface area contributed by atoms with E-state index in [1.807, 2.05) is 0 Å². The second kappa shape index (κ2) is 5.30. The summed E-state index contributed by atoms with van der Waals surface area (Å²) in [6, 6.07) is 5.56. The van der Waals surface area contributed by atoms with E-state index >= 15 is 0 Å². The molecule has 0 saturated carbocycles. The maximum absolute atomic E-state index is 12.7. The zero-order chi connectivity index (χ0) is 13.8. The summed E-state index contributed by atoms with van der Waals surface area (Å²) in [5.74, 6) is -1.27. The van der Waals surface area contributed by atoms with Crippen molar-refractivity contribution in [3.05, 3.63) is 47.4 Å². The molecule has 0 aliphatic rings. The van der Waals surface area contributed by atoms with Crippen molar-refractivity contribution in [2.75, 3.05) is 5.32 Å². The van der Waals surface area contributed by atoms with Crippen LogP contribution in [0.2, 0.25) is 0 Å². The van der Waals surface area contributed by atoms with E-state index in [-0.39, 0.29) is 29.5 Å². The van der Waals surface area contributed by atoms with Crippen molar-refractivity contribution >= 4 is 17.6 Å². The third-order valence-corrected chi connectivity index (χ3v) is 2.45. The smallest absolute Gasteiger partial charge is 0.254 e. The van der Waals surface area contributed by atoms with Gasteiger partial charge in [-0.25, -0.2) is 4.39 Å². The first kappa shape index (κ1) is 12.7. The van der Waals surface area contributed by atoms with Gasteiger partial charge in [0.25, 0.3) is 5.91 Å². The predicted molar refractivity (Wildman–Crippen MR) is 65.8 cm³/mol. The quantitative estimate of drug-likeness (QED) is 0.760. The number of primary amides is 1. The molecule has 1 aromatic carbocycles. The van der Waals surface area contributed by atoms with Gasteiger partial charge in [-0.3, -0.25) is 14.7 Å². The van der Waals surface area contributed by atoms with E-state index in [0.29, 0.717) is 5.56 Å². The molecule has 0 aliphatic heterocycles. The monoisotopic (exact) mass is 262 g/mol. The van der Waals surface area contributed by atoms with Gasteiger partial charge < -0.3 is 11.1 Å². The van der Waals surface area contributed by atoms with Crippen molar-refractivity contribution in [1.82, 2.24) is 10.2 Å². The van der Waals surface area contributed by atoms with E-state index in [1.165, 1.54) is 30.5 Å². The van der Waals surface area contributed by atoms with Gasteiger partial charge in [0, 0.05) is 0 Å². The standard InChI is InChI=1S/C12H11FN4O2/c13-8-3-1-7(2-4-8)5-10(18)16-12-9(11(14)19)6-15-17-12/h1-4,6H,5H2,(H2,14,19)(H2,15,16,17,18). The second-order valence-electron chi connectivity index (χ2n) is 3.87. The molecule has 0 radical (unpaired) electrons. The molecule has 4 N–H and O–H groups in total. The Morgan fingerprint density at radius 3 is 2.63 bits per heavy atom. The van der Waals surface area contributed by atoms with Crippen molar-refractivity contribution in [2.24, 2.45) is 5.73 Å². The molecule has 7 heteroatoms. The van der Waals surface area contributed by atoms with Crippen molar-refractivity contribution < 1.29 is 14.0 Å². The topological polar surface area (TPSA) is 101 Å². The van der Waals surface area contributed by atoms with Crippen molar-refractivity contribution in [1.29, 1.82) is 0 Å². The summed E-state index contributed by atoms with van der Waals surface area (Å²) in [4.78, 5) is 22.8. The minimum absolute atomic E-state index is 0.0531. The van der Waals surface area contributed by atoms with E-state index in [0.717, 1.165) is 0 Å². The molecule has 19 heavy (non-hydrogen) atoms. The maximum Gasteiger partial charge on any atom is 0.254 e. The Hall–Kier alpha value is -2.70. The Morgan fingerprint density at radius 2 is 2.00 bits per heavy atom. The van der Waals surface area contributed by atoms with Crippen molar-refractivity contribution in [3.8, 4) is 0 Å². The largest absolute Gasteiger partial charge is 0.365 e. The van der Waals surface area contributed by atoms with Gasteiger partial charge in [0.05, 0.1) is 12.6 Å². The van der Waals surface area contributed by atoms with Gasteiger partial charge in [0.1, 0.15) is 17.2 Å². The molecule has 2 aromatic rings. The first-order valence-electron chi connectivity index (χ1n) is 5.43. The number of H-pyrrole nitrogens is 1. The van der Waals surface area contributed by atoms with Crippen LogP contribution in [0.4, 0.5) is 10.2 Å².